The summed E-state index contributed by atoms with van der Waals surface area (Å²) in [5.41, 5.74) is 0.981. The SMILES string of the molecule is O=C1COC2(CCN(C(=O)c3cc[nH]c3)CC2)CN1Cc1cccc(F)c1. The van der Waals surface area contributed by atoms with Crippen molar-refractivity contribution < 1.29 is 18.7 Å². The highest BCUT2D eigenvalue weighted by Crippen LogP contribution is 2.31. The fourth-order valence-corrected chi connectivity index (χ4v) is 3.85. The Hall–Kier alpha value is -2.67. The molecule has 142 valence electrons. The maximum Gasteiger partial charge on any atom is 0.255 e. The Morgan fingerprint density at radius 3 is 2.78 bits per heavy atom. The van der Waals surface area contributed by atoms with E-state index in [9.17, 15) is 14.0 Å². The first-order valence-corrected chi connectivity index (χ1v) is 9.13. The number of aromatic amines is 1. The van der Waals surface area contributed by atoms with Gasteiger partial charge in [0.25, 0.3) is 5.91 Å². The van der Waals surface area contributed by atoms with Crippen molar-refractivity contribution in [3.8, 4) is 0 Å². The molecule has 1 aromatic heterocycles. The number of halogens is 1. The maximum absolute atomic E-state index is 13.4. The van der Waals surface area contributed by atoms with Crippen LogP contribution >= 0.6 is 0 Å². The van der Waals surface area contributed by atoms with Gasteiger partial charge in [-0.25, -0.2) is 4.39 Å². The molecule has 2 amide bonds. The largest absolute Gasteiger partial charge is 0.367 e. The molecule has 1 aromatic carbocycles. The molecule has 2 fully saturated rings. The summed E-state index contributed by atoms with van der Waals surface area (Å²) in [5, 5.41) is 0. The van der Waals surface area contributed by atoms with Crippen molar-refractivity contribution in [3.63, 3.8) is 0 Å². The number of likely N-dealkylation sites (tertiary alicyclic amines) is 1. The topological polar surface area (TPSA) is 65.6 Å². The van der Waals surface area contributed by atoms with Gasteiger partial charge in [-0.2, -0.15) is 0 Å². The number of ether oxygens (including phenoxy) is 1. The van der Waals surface area contributed by atoms with Crippen LogP contribution in [0.4, 0.5) is 4.39 Å². The summed E-state index contributed by atoms with van der Waals surface area (Å²) in [6, 6.07) is 8.08. The third kappa shape index (κ3) is 3.73. The highest BCUT2D eigenvalue weighted by atomic mass is 19.1. The molecule has 3 heterocycles. The monoisotopic (exact) mass is 371 g/mol. The molecule has 0 radical (unpaired) electrons. The molecule has 0 aliphatic carbocycles. The van der Waals surface area contributed by atoms with Crippen molar-refractivity contribution in [2.24, 2.45) is 0 Å². The second-order valence-corrected chi connectivity index (χ2v) is 7.24. The lowest BCUT2D eigenvalue weighted by Gasteiger charge is -2.47. The number of aromatic nitrogens is 1. The average molecular weight is 371 g/mol. The van der Waals surface area contributed by atoms with Crippen LogP contribution in [0.3, 0.4) is 0 Å². The molecular weight excluding hydrogens is 349 g/mol. The minimum absolute atomic E-state index is 0.00889. The first-order valence-electron chi connectivity index (χ1n) is 9.13. The molecule has 4 rings (SSSR count). The Labute approximate surface area is 156 Å². The molecule has 6 nitrogen and oxygen atoms in total. The van der Waals surface area contributed by atoms with Gasteiger partial charge in [0.05, 0.1) is 17.7 Å². The number of H-pyrrole nitrogens is 1. The highest BCUT2D eigenvalue weighted by molar-refractivity contribution is 5.94. The Bertz CT molecular complexity index is 829. The zero-order valence-electron chi connectivity index (χ0n) is 15.0. The van der Waals surface area contributed by atoms with Gasteiger partial charge in [-0.1, -0.05) is 12.1 Å². The molecule has 2 aliphatic rings. The minimum Gasteiger partial charge on any atom is -0.367 e. The number of hydrogen-bond donors (Lipinski definition) is 1. The van der Waals surface area contributed by atoms with Crippen LogP contribution in [0.25, 0.3) is 0 Å². The number of morpholine rings is 1. The van der Waals surface area contributed by atoms with E-state index in [0.717, 1.165) is 5.56 Å². The number of hydrogen-bond acceptors (Lipinski definition) is 3. The molecule has 0 unspecified atom stereocenters. The van der Waals surface area contributed by atoms with E-state index in [1.54, 1.807) is 29.4 Å². The number of nitrogens with one attached hydrogen (secondary N) is 1. The summed E-state index contributed by atoms with van der Waals surface area (Å²) in [7, 11) is 0. The van der Waals surface area contributed by atoms with Crippen LogP contribution < -0.4 is 0 Å². The Morgan fingerprint density at radius 1 is 1.26 bits per heavy atom. The van der Waals surface area contributed by atoms with Gasteiger partial charge in [0, 0.05) is 32.0 Å². The molecule has 1 N–H and O–H groups in total. The van der Waals surface area contributed by atoms with Gasteiger partial charge < -0.3 is 19.5 Å². The zero-order valence-corrected chi connectivity index (χ0v) is 15.0. The van der Waals surface area contributed by atoms with Crippen LogP contribution in [-0.4, -0.2) is 58.4 Å². The summed E-state index contributed by atoms with van der Waals surface area (Å²) in [6.45, 7) is 2.04. The molecule has 27 heavy (non-hydrogen) atoms. The number of rotatable bonds is 3. The van der Waals surface area contributed by atoms with Crippen molar-refractivity contribution in [1.82, 2.24) is 14.8 Å². The second-order valence-electron chi connectivity index (χ2n) is 7.24. The average Bonchev–Trinajstić information content (AvgIpc) is 3.20. The van der Waals surface area contributed by atoms with E-state index in [1.165, 1.54) is 12.1 Å². The summed E-state index contributed by atoms with van der Waals surface area (Å²) < 4.78 is 19.4. The smallest absolute Gasteiger partial charge is 0.255 e. The van der Waals surface area contributed by atoms with Crippen molar-refractivity contribution in [2.75, 3.05) is 26.2 Å². The van der Waals surface area contributed by atoms with E-state index in [4.69, 9.17) is 4.74 Å². The van der Waals surface area contributed by atoms with Crippen LogP contribution in [0, 0.1) is 5.82 Å². The fraction of sp³-hybridized carbons (Fsp3) is 0.400. The van der Waals surface area contributed by atoms with E-state index in [1.807, 2.05) is 11.0 Å². The first kappa shape index (κ1) is 17.7. The third-order valence-electron chi connectivity index (χ3n) is 5.40. The normalized spacial score (nSPS) is 19.5. The van der Waals surface area contributed by atoms with E-state index < -0.39 is 5.60 Å². The lowest BCUT2D eigenvalue weighted by Crippen LogP contribution is -2.59. The predicted octanol–water partition coefficient (Wildman–Crippen LogP) is 2.19. The first-order chi connectivity index (χ1) is 13.0. The van der Waals surface area contributed by atoms with Crippen LogP contribution in [0.2, 0.25) is 0 Å². The zero-order chi connectivity index (χ0) is 18.9. The standard InChI is InChI=1S/C20H22FN3O3/c21-17-3-1-2-15(10-17)12-24-14-20(27-13-18(24)25)5-8-23(9-6-20)19(26)16-4-7-22-11-16/h1-4,7,10-11,22H,5-6,8-9,12-14H2. The summed E-state index contributed by atoms with van der Waals surface area (Å²) in [5.74, 6) is -0.384. The lowest BCUT2D eigenvalue weighted by molar-refractivity contribution is -0.171. The minimum atomic E-state index is -0.434. The quantitative estimate of drug-likeness (QED) is 0.900. The van der Waals surface area contributed by atoms with Crippen molar-refractivity contribution in [3.05, 3.63) is 59.7 Å². The fourth-order valence-electron chi connectivity index (χ4n) is 3.85. The van der Waals surface area contributed by atoms with E-state index in [0.29, 0.717) is 44.6 Å². The molecule has 2 aliphatic heterocycles. The van der Waals surface area contributed by atoms with Crippen molar-refractivity contribution in [1.29, 1.82) is 0 Å². The molecule has 0 bridgehead atoms. The highest BCUT2D eigenvalue weighted by Gasteiger charge is 2.43. The number of piperidine rings is 1. The van der Waals surface area contributed by atoms with Gasteiger partial charge in [0.1, 0.15) is 12.4 Å². The number of amides is 2. The molecule has 2 saturated heterocycles. The molecule has 1 spiro atoms. The van der Waals surface area contributed by atoms with Gasteiger partial charge in [-0.3, -0.25) is 9.59 Å². The van der Waals surface area contributed by atoms with Crippen LogP contribution in [0.5, 0.6) is 0 Å². The van der Waals surface area contributed by atoms with Crippen LogP contribution in [0.15, 0.2) is 42.7 Å². The molecule has 2 aromatic rings. The van der Waals surface area contributed by atoms with Gasteiger partial charge >= 0.3 is 0 Å². The van der Waals surface area contributed by atoms with Crippen molar-refractivity contribution >= 4 is 11.8 Å². The van der Waals surface area contributed by atoms with E-state index in [2.05, 4.69) is 4.98 Å². The van der Waals surface area contributed by atoms with Crippen LogP contribution in [0.1, 0.15) is 28.8 Å². The molecule has 7 heteroatoms. The van der Waals surface area contributed by atoms with E-state index in [-0.39, 0.29) is 24.2 Å². The number of nitrogens with zero attached hydrogens (tertiary/aromatic N) is 2. The number of carbonyl (C=O) groups is 2. The number of carbonyl (C=O) groups excluding carboxylic acids is 2. The third-order valence-corrected chi connectivity index (χ3v) is 5.40. The molecule has 0 atom stereocenters. The molecule has 0 saturated carbocycles. The maximum atomic E-state index is 13.4. The Kier molecular flexibility index (Phi) is 4.70. The predicted molar refractivity (Wildman–Crippen MR) is 96.4 cm³/mol. The van der Waals surface area contributed by atoms with Crippen molar-refractivity contribution in [2.45, 2.75) is 25.0 Å². The number of benzene rings is 1. The summed E-state index contributed by atoms with van der Waals surface area (Å²) >= 11 is 0. The van der Waals surface area contributed by atoms with Gasteiger partial charge in [-0.05, 0) is 36.6 Å². The summed E-state index contributed by atoms with van der Waals surface area (Å²) in [4.78, 5) is 31.2. The van der Waals surface area contributed by atoms with Gasteiger partial charge in [-0.15, -0.1) is 0 Å². The van der Waals surface area contributed by atoms with Crippen LogP contribution in [-0.2, 0) is 16.1 Å². The van der Waals surface area contributed by atoms with Gasteiger partial charge in [0.2, 0.25) is 5.91 Å². The Balaban J connectivity index is 1.40. The summed E-state index contributed by atoms with van der Waals surface area (Å²) in [6.07, 6.45) is 4.79. The van der Waals surface area contributed by atoms with Gasteiger partial charge in [0.15, 0.2) is 0 Å². The second kappa shape index (κ2) is 7.15. The van der Waals surface area contributed by atoms with E-state index >= 15 is 0 Å². The Morgan fingerprint density at radius 2 is 2.07 bits per heavy atom. The molecular formula is C20H22FN3O3. The lowest BCUT2D eigenvalue weighted by atomic mass is 9.88.